The van der Waals surface area contributed by atoms with E-state index >= 15 is 0 Å². The summed E-state index contributed by atoms with van der Waals surface area (Å²) >= 11 is 3.58. The quantitative estimate of drug-likeness (QED) is 0.910. The van der Waals surface area contributed by atoms with Crippen LogP contribution in [0.25, 0.3) is 0 Å². The third kappa shape index (κ3) is 3.20. The Balaban J connectivity index is 1.98. The number of aryl methyl sites for hydroxylation is 1. The van der Waals surface area contributed by atoms with Crippen LogP contribution < -0.4 is 5.32 Å². The molecule has 0 fully saturated rings. The molecule has 0 aliphatic carbocycles. The smallest absolute Gasteiger partial charge is 0.0306 e. The molecule has 0 radical (unpaired) electrons. The van der Waals surface area contributed by atoms with Crippen molar-refractivity contribution in [1.29, 1.82) is 0 Å². The molecule has 0 aliphatic rings. The van der Waals surface area contributed by atoms with Crippen LogP contribution in [0.3, 0.4) is 0 Å². The van der Waals surface area contributed by atoms with E-state index in [4.69, 9.17) is 0 Å². The van der Waals surface area contributed by atoms with Crippen molar-refractivity contribution in [2.45, 2.75) is 19.5 Å². The van der Waals surface area contributed by atoms with Crippen LogP contribution in [0.4, 0.5) is 0 Å². The second-order valence-electron chi connectivity index (χ2n) is 4.31. The van der Waals surface area contributed by atoms with Gasteiger partial charge in [0, 0.05) is 36.5 Å². The van der Waals surface area contributed by atoms with Crippen molar-refractivity contribution in [1.82, 2.24) is 9.88 Å². The van der Waals surface area contributed by atoms with Gasteiger partial charge >= 0.3 is 0 Å². The molecule has 0 aliphatic heterocycles. The third-order valence-corrected chi connectivity index (χ3v) is 3.60. The highest BCUT2D eigenvalue weighted by Gasteiger charge is 2.07. The zero-order valence-electron chi connectivity index (χ0n) is 10.2. The van der Waals surface area contributed by atoms with E-state index < -0.39 is 0 Å². The maximum Gasteiger partial charge on any atom is 0.0306 e. The van der Waals surface area contributed by atoms with E-state index in [1.54, 1.807) is 0 Å². The number of benzene rings is 1. The van der Waals surface area contributed by atoms with Gasteiger partial charge in [-0.05, 0) is 30.2 Å². The van der Waals surface area contributed by atoms with Crippen LogP contribution in [-0.4, -0.2) is 4.57 Å². The summed E-state index contributed by atoms with van der Waals surface area (Å²) in [7, 11) is 2.04. The number of hydrogen-bond donors (Lipinski definition) is 1. The molecule has 0 saturated heterocycles. The van der Waals surface area contributed by atoms with E-state index in [0.29, 0.717) is 6.04 Å². The fourth-order valence-corrected chi connectivity index (χ4v) is 2.50. The van der Waals surface area contributed by atoms with Gasteiger partial charge in [-0.2, -0.15) is 0 Å². The fourth-order valence-electron chi connectivity index (χ4n) is 1.87. The van der Waals surface area contributed by atoms with Crippen molar-refractivity contribution >= 4 is 15.9 Å². The molecule has 90 valence electrons. The van der Waals surface area contributed by atoms with Crippen LogP contribution >= 0.6 is 15.9 Å². The molecule has 17 heavy (non-hydrogen) atoms. The first kappa shape index (κ1) is 12.4. The van der Waals surface area contributed by atoms with Crippen LogP contribution in [0.2, 0.25) is 0 Å². The Morgan fingerprint density at radius 2 is 2.06 bits per heavy atom. The lowest BCUT2D eigenvalue weighted by molar-refractivity contribution is 0.572. The van der Waals surface area contributed by atoms with Gasteiger partial charge in [0.05, 0.1) is 0 Å². The number of rotatable bonds is 4. The molecule has 1 N–H and O–H groups in total. The second kappa shape index (κ2) is 5.52. The summed E-state index contributed by atoms with van der Waals surface area (Å²) in [5, 5.41) is 3.53. The Bertz CT molecular complexity index is 490. The molecule has 1 aromatic carbocycles. The molecule has 1 aromatic heterocycles. The molecule has 2 rings (SSSR count). The Morgan fingerprint density at radius 1 is 1.29 bits per heavy atom. The van der Waals surface area contributed by atoms with Crippen molar-refractivity contribution in [3.63, 3.8) is 0 Å². The lowest BCUT2D eigenvalue weighted by Crippen LogP contribution is -2.18. The molecular weight excluding hydrogens is 276 g/mol. The number of nitrogens with zero attached hydrogens (tertiary/aromatic N) is 1. The van der Waals surface area contributed by atoms with Crippen molar-refractivity contribution in [2.75, 3.05) is 0 Å². The third-order valence-electron chi connectivity index (χ3n) is 2.88. The molecular formula is C14H17BrN2. The highest BCUT2D eigenvalue weighted by Crippen LogP contribution is 2.22. The normalized spacial score (nSPS) is 12.6. The van der Waals surface area contributed by atoms with Crippen molar-refractivity contribution < 1.29 is 0 Å². The molecule has 1 atom stereocenters. The monoisotopic (exact) mass is 292 g/mol. The van der Waals surface area contributed by atoms with Crippen molar-refractivity contribution in [3.8, 4) is 0 Å². The Morgan fingerprint density at radius 3 is 2.71 bits per heavy atom. The van der Waals surface area contributed by atoms with Gasteiger partial charge in [0.2, 0.25) is 0 Å². The molecule has 0 saturated carbocycles. The minimum atomic E-state index is 0.339. The SMILES string of the molecule is C[C@@H](NCc1ccn(C)c1)c1ccccc1Br. The Hall–Kier alpha value is -1.06. The molecule has 2 nitrogen and oxygen atoms in total. The summed E-state index contributed by atoms with van der Waals surface area (Å²) in [5.41, 5.74) is 2.61. The van der Waals surface area contributed by atoms with Crippen LogP contribution in [0.1, 0.15) is 24.1 Å². The Labute approximate surface area is 111 Å². The van der Waals surface area contributed by atoms with Crippen LogP contribution in [0.5, 0.6) is 0 Å². The fraction of sp³-hybridized carbons (Fsp3) is 0.286. The lowest BCUT2D eigenvalue weighted by atomic mass is 10.1. The van der Waals surface area contributed by atoms with E-state index in [1.165, 1.54) is 11.1 Å². The minimum absolute atomic E-state index is 0.339. The van der Waals surface area contributed by atoms with Gasteiger partial charge in [-0.25, -0.2) is 0 Å². The maximum absolute atomic E-state index is 3.58. The zero-order chi connectivity index (χ0) is 12.3. The summed E-state index contributed by atoms with van der Waals surface area (Å²) in [6.07, 6.45) is 4.21. The largest absolute Gasteiger partial charge is 0.357 e. The summed E-state index contributed by atoms with van der Waals surface area (Å²) < 4.78 is 3.23. The second-order valence-corrected chi connectivity index (χ2v) is 5.16. The standard InChI is InChI=1S/C14H17BrN2/c1-11(13-5-3-4-6-14(13)15)16-9-12-7-8-17(2)10-12/h3-8,10-11,16H,9H2,1-2H3/t11-/m1/s1. The predicted molar refractivity (Wildman–Crippen MR) is 74.8 cm³/mol. The van der Waals surface area contributed by atoms with E-state index in [2.05, 4.69) is 69.4 Å². The van der Waals surface area contributed by atoms with Crippen LogP contribution in [-0.2, 0) is 13.6 Å². The molecule has 2 aromatic rings. The predicted octanol–water partition coefficient (Wildman–Crippen LogP) is 3.64. The van der Waals surface area contributed by atoms with Gasteiger partial charge in [-0.3, -0.25) is 0 Å². The van der Waals surface area contributed by atoms with Crippen molar-refractivity contribution in [3.05, 3.63) is 58.3 Å². The highest BCUT2D eigenvalue weighted by molar-refractivity contribution is 9.10. The number of aromatic nitrogens is 1. The van der Waals surface area contributed by atoms with Gasteiger partial charge in [-0.1, -0.05) is 34.1 Å². The topological polar surface area (TPSA) is 17.0 Å². The average molecular weight is 293 g/mol. The first-order chi connectivity index (χ1) is 8.16. The lowest BCUT2D eigenvalue weighted by Gasteiger charge is -2.15. The number of halogens is 1. The van der Waals surface area contributed by atoms with Crippen molar-refractivity contribution in [2.24, 2.45) is 7.05 Å². The highest BCUT2D eigenvalue weighted by atomic mass is 79.9. The summed E-state index contributed by atoms with van der Waals surface area (Å²) in [6.45, 7) is 3.08. The van der Waals surface area contributed by atoms with Gasteiger partial charge in [0.25, 0.3) is 0 Å². The molecule has 0 unspecified atom stereocenters. The first-order valence-electron chi connectivity index (χ1n) is 5.75. The first-order valence-corrected chi connectivity index (χ1v) is 6.55. The van der Waals surface area contributed by atoms with Crippen LogP contribution in [0.15, 0.2) is 47.2 Å². The summed E-state index contributed by atoms with van der Waals surface area (Å²) in [4.78, 5) is 0. The average Bonchev–Trinajstić information content (AvgIpc) is 2.73. The van der Waals surface area contributed by atoms with Gasteiger partial charge in [0.15, 0.2) is 0 Å². The summed E-state index contributed by atoms with van der Waals surface area (Å²) in [6, 6.07) is 10.8. The Kier molecular flexibility index (Phi) is 4.02. The van der Waals surface area contributed by atoms with Gasteiger partial charge in [0.1, 0.15) is 0 Å². The van der Waals surface area contributed by atoms with E-state index in [1.807, 2.05) is 13.1 Å². The minimum Gasteiger partial charge on any atom is -0.357 e. The molecule has 1 heterocycles. The molecule has 0 spiro atoms. The zero-order valence-corrected chi connectivity index (χ0v) is 11.7. The van der Waals surface area contributed by atoms with E-state index in [9.17, 15) is 0 Å². The summed E-state index contributed by atoms with van der Waals surface area (Å²) in [5.74, 6) is 0. The van der Waals surface area contributed by atoms with E-state index in [-0.39, 0.29) is 0 Å². The van der Waals surface area contributed by atoms with E-state index in [0.717, 1.165) is 11.0 Å². The number of nitrogens with one attached hydrogen (secondary N) is 1. The van der Waals surface area contributed by atoms with Crippen LogP contribution in [0, 0.1) is 0 Å². The van der Waals surface area contributed by atoms with Gasteiger partial charge < -0.3 is 9.88 Å². The molecule has 3 heteroatoms. The molecule has 0 bridgehead atoms. The maximum atomic E-state index is 3.58. The molecule has 0 amide bonds. The number of hydrogen-bond acceptors (Lipinski definition) is 1. The van der Waals surface area contributed by atoms with Gasteiger partial charge in [-0.15, -0.1) is 0 Å².